The van der Waals surface area contributed by atoms with E-state index >= 15 is 0 Å². The van der Waals surface area contributed by atoms with Gasteiger partial charge in [0.1, 0.15) is 5.60 Å². The molecule has 124 valence electrons. The molecular weight excluding hydrogens is 296 g/mol. The molecule has 23 heavy (non-hydrogen) atoms. The summed E-state index contributed by atoms with van der Waals surface area (Å²) < 4.78 is 5.42. The molecule has 2 unspecified atom stereocenters. The Morgan fingerprint density at radius 1 is 1.43 bits per heavy atom. The molecule has 1 fully saturated rings. The van der Waals surface area contributed by atoms with Gasteiger partial charge in [0.2, 0.25) is 5.91 Å². The molecule has 2 atom stereocenters. The minimum absolute atomic E-state index is 0.122. The zero-order valence-corrected chi connectivity index (χ0v) is 13.6. The molecule has 0 aliphatic carbocycles. The number of hydrogen-bond donors (Lipinski definition) is 2. The van der Waals surface area contributed by atoms with E-state index < -0.39 is 23.2 Å². The summed E-state index contributed by atoms with van der Waals surface area (Å²) in [6.45, 7) is 5.40. The van der Waals surface area contributed by atoms with Crippen LogP contribution in [0, 0.1) is 0 Å². The third-order valence-corrected chi connectivity index (χ3v) is 4.43. The molecular formula is C17H22N2O4. The maximum Gasteiger partial charge on any atom is 0.410 e. The van der Waals surface area contributed by atoms with E-state index in [0.29, 0.717) is 6.42 Å². The number of hydrogen-bond acceptors (Lipinski definition) is 4. The van der Waals surface area contributed by atoms with E-state index in [4.69, 9.17) is 4.74 Å². The summed E-state index contributed by atoms with van der Waals surface area (Å²) in [5, 5.41) is 12.6. The highest BCUT2D eigenvalue weighted by Gasteiger charge is 2.56. The molecule has 1 saturated heterocycles. The third-order valence-electron chi connectivity index (χ3n) is 4.43. The molecule has 1 spiro atoms. The Hall–Kier alpha value is -2.08. The standard InChI is InChI=1S/C17H22N2O4/c1-16(2,3)23-15(22)19-10-17(8-11(19)9-20)12-6-4-5-7-13(12)18-14(17)21/h4-7,11,20H,8-10H2,1-3H3,(H,18,21). The van der Waals surface area contributed by atoms with Gasteiger partial charge in [-0.15, -0.1) is 0 Å². The molecule has 0 radical (unpaired) electrons. The highest BCUT2D eigenvalue weighted by molar-refractivity contribution is 6.07. The Balaban J connectivity index is 1.93. The number of nitrogens with zero attached hydrogens (tertiary/aromatic N) is 1. The highest BCUT2D eigenvalue weighted by atomic mass is 16.6. The number of aliphatic hydroxyl groups excluding tert-OH is 1. The summed E-state index contributed by atoms with van der Waals surface area (Å²) in [6.07, 6.45) is -0.100. The Morgan fingerprint density at radius 2 is 2.13 bits per heavy atom. The van der Waals surface area contributed by atoms with Gasteiger partial charge in [0, 0.05) is 12.2 Å². The topological polar surface area (TPSA) is 78.9 Å². The molecule has 2 heterocycles. The largest absolute Gasteiger partial charge is 0.444 e. The van der Waals surface area contributed by atoms with Crippen molar-refractivity contribution in [2.75, 3.05) is 18.5 Å². The summed E-state index contributed by atoms with van der Waals surface area (Å²) in [7, 11) is 0. The van der Waals surface area contributed by atoms with Crippen LogP contribution in [0.3, 0.4) is 0 Å². The number of likely N-dealkylation sites (tertiary alicyclic amines) is 1. The van der Waals surface area contributed by atoms with Crippen LogP contribution in [-0.4, -0.2) is 46.8 Å². The molecule has 0 aromatic heterocycles. The first kappa shape index (κ1) is 15.8. The fourth-order valence-electron chi connectivity index (χ4n) is 3.43. The van der Waals surface area contributed by atoms with E-state index in [2.05, 4.69) is 5.32 Å². The second-order valence-corrected chi connectivity index (χ2v) is 7.23. The lowest BCUT2D eigenvalue weighted by atomic mass is 9.79. The van der Waals surface area contributed by atoms with Gasteiger partial charge in [0.05, 0.1) is 18.1 Å². The minimum Gasteiger partial charge on any atom is -0.444 e. The lowest BCUT2D eigenvalue weighted by molar-refractivity contribution is -0.120. The predicted molar refractivity (Wildman–Crippen MR) is 85.2 cm³/mol. The molecule has 1 aromatic rings. The zero-order chi connectivity index (χ0) is 16.8. The molecule has 0 bridgehead atoms. The smallest absolute Gasteiger partial charge is 0.410 e. The first-order valence-electron chi connectivity index (χ1n) is 7.78. The van der Waals surface area contributed by atoms with Crippen LogP contribution in [0.4, 0.5) is 10.5 Å². The molecule has 6 heteroatoms. The van der Waals surface area contributed by atoms with E-state index in [1.54, 1.807) is 20.8 Å². The third kappa shape index (κ3) is 2.57. The van der Waals surface area contributed by atoms with Crippen molar-refractivity contribution in [1.29, 1.82) is 0 Å². The van der Waals surface area contributed by atoms with Gasteiger partial charge in [0.15, 0.2) is 0 Å². The Kier molecular flexibility index (Phi) is 3.59. The van der Waals surface area contributed by atoms with Gasteiger partial charge < -0.3 is 20.1 Å². The van der Waals surface area contributed by atoms with Gasteiger partial charge in [-0.2, -0.15) is 0 Å². The Labute approximate surface area is 135 Å². The lowest BCUT2D eigenvalue weighted by Gasteiger charge is -2.28. The summed E-state index contributed by atoms with van der Waals surface area (Å²) in [4.78, 5) is 26.5. The Morgan fingerprint density at radius 3 is 2.78 bits per heavy atom. The molecule has 3 rings (SSSR count). The number of carbonyl (C=O) groups is 2. The SMILES string of the molecule is CC(C)(C)OC(=O)N1CC2(CC1CO)C(=O)Nc1ccccc12. The van der Waals surface area contributed by atoms with Crippen molar-refractivity contribution < 1.29 is 19.4 Å². The molecule has 0 saturated carbocycles. The monoisotopic (exact) mass is 318 g/mol. The molecule has 2 amide bonds. The number of para-hydroxylation sites is 1. The summed E-state index contributed by atoms with van der Waals surface area (Å²) in [5.41, 5.74) is 0.235. The second-order valence-electron chi connectivity index (χ2n) is 7.23. The van der Waals surface area contributed by atoms with Crippen LogP contribution >= 0.6 is 0 Å². The van der Waals surface area contributed by atoms with E-state index in [1.807, 2.05) is 24.3 Å². The van der Waals surface area contributed by atoms with E-state index in [9.17, 15) is 14.7 Å². The van der Waals surface area contributed by atoms with Crippen molar-refractivity contribution in [3.63, 3.8) is 0 Å². The zero-order valence-electron chi connectivity index (χ0n) is 13.6. The van der Waals surface area contributed by atoms with E-state index in [0.717, 1.165) is 11.3 Å². The van der Waals surface area contributed by atoms with Crippen LogP contribution in [0.15, 0.2) is 24.3 Å². The Bertz CT molecular complexity index is 652. The first-order valence-corrected chi connectivity index (χ1v) is 7.78. The number of rotatable bonds is 1. The van der Waals surface area contributed by atoms with E-state index in [1.165, 1.54) is 4.90 Å². The lowest BCUT2D eigenvalue weighted by Crippen LogP contribution is -2.43. The quantitative estimate of drug-likeness (QED) is 0.828. The molecule has 6 nitrogen and oxygen atoms in total. The van der Waals surface area contributed by atoms with Crippen molar-refractivity contribution >= 4 is 17.7 Å². The maximum atomic E-state index is 12.6. The number of amides is 2. The van der Waals surface area contributed by atoms with Crippen molar-refractivity contribution in [1.82, 2.24) is 4.90 Å². The van der Waals surface area contributed by atoms with Crippen LogP contribution in [-0.2, 0) is 14.9 Å². The number of anilines is 1. The van der Waals surface area contributed by atoms with Crippen LogP contribution < -0.4 is 5.32 Å². The number of aliphatic hydroxyl groups is 1. The van der Waals surface area contributed by atoms with Gasteiger partial charge in [-0.3, -0.25) is 4.79 Å². The van der Waals surface area contributed by atoms with Gasteiger partial charge in [-0.1, -0.05) is 18.2 Å². The molecule has 2 N–H and O–H groups in total. The van der Waals surface area contributed by atoms with Gasteiger partial charge in [-0.25, -0.2) is 4.79 Å². The molecule has 1 aromatic carbocycles. The van der Waals surface area contributed by atoms with Gasteiger partial charge in [-0.05, 0) is 38.8 Å². The van der Waals surface area contributed by atoms with Crippen molar-refractivity contribution in [3.8, 4) is 0 Å². The fraction of sp³-hybridized carbons (Fsp3) is 0.529. The van der Waals surface area contributed by atoms with Crippen molar-refractivity contribution in [2.45, 2.75) is 44.2 Å². The highest BCUT2D eigenvalue weighted by Crippen LogP contribution is 2.46. The molecule has 2 aliphatic heterocycles. The summed E-state index contributed by atoms with van der Waals surface area (Å²) >= 11 is 0. The number of ether oxygens (including phenoxy) is 1. The average molecular weight is 318 g/mol. The first-order chi connectivity index (χ1) is 10.8. The fourth-order valence-corrected chi connectivity index (χ4v) is 3.43. The van der Waals surface area contributed by atoms with Crippen molar-refractivity contribution in [2.24, 2.45) is 0 Å². The number of fused-ring (bicyclic) bond motifs is 2. The second kappa shape index (κ2) is 5.23. The van der Waals surface area contributed by atoms with Crippen LogP contribution in [0.5, 0.6) is 0 Å². The average Bonchev–Trinajstić information content (AvgIpc) is 2.98. The van der Waals surface area contributed by atoms with Gasteiger partial charge in [0.25, 0.3) is 0 Å². The van der Waals surface area contributed by atoms with Gasteiger partial charge >= 0.3 is 6.09 Å². The van der Waals surface area contributed by atoms with Crippen LogP contribution in [0.1, 0.15) is 32.8 Å². The number of benzene rings is 1. The van der Waals surface area contributed by atoms with Crippen LogP contribution in [0.25, 0.3) is 0 Å². The molecule has 2 aliphatic rings. The summed E-state index contributed by atoms with van der Waals surface area (Å²) in [5.74, 6) is -0.122. The van der Waals surface area contributed by atoms with Crippen LogP contribution in [0.2, 0.25) is 0 Å². The summed E-state index contributed by atoms with van der Waals surface area (Å²) in [6, 6.07) is 7.07. The predicted octanol–water partition coefficient (Wildman–Crippen LogP) is 1.88. The van der Waals surface area contributed by atoms with E-state index in [-0.39, 0.29) is 19.1 Å². The van der Waals surface area contributed by atoms with Crippen molar-refractivity contribution in [3.05, 3.63) is 29.8 Å². The maximum absolute atomic E-state index is 12.6. The normalized spacial score (nSPS) is 26.3. The number of nitrogens with one attached hydrogen (secondary N) is 1. The minimum atomic E-state index is -0.805. The number of carbonyl (C=O) groups excluding carboxylic acids is 2.